The van der Waals surface area contributed by atoms with Crippen molar-refractivity contribution >= 4 is 43.8 Å². The van der Waals surface area contributed by atoms with E-state index in [9.17, 15) is 24.9 Å². The number of aromatic hydroxyl groups is 2. The number of carboxylic acid groups (broad SMARTS) is 1. The van der Waals surface area contributed by atoms with E-state index in [1.807, 2.05) is 13.8 Å². The summed E-state index contributed by atoms with van der Waals surface area (Å²) >= 11 is 6.80. The number of rotatable bonds is 3. The fraction of sp³-hybridized carbons (Fsp3) is 0.200. The molecule has 4 rings (SSSR count). The van der Waals surface area contributed by atoms with Crippen LogP contribution in [0.3, 0.4) is 0 Å². The first kappa shape index (κ1) is 23.3. The summed E-state index contributed by atoms with van der Waals surface area (Å²) in [6.45, 7) is 7.19. The smallest absolute Gasteiger partial charge is 0.340 e. The van der Waals surface area contributed by atoms with Crippen LogP contribution in [0.25, 0.3) is 0 Å². The number of carbonyl (C=O) groups excluding carboxylic acids is 1. The molecule has 0 spiro atoms. The summed E-state index contributed by atoms with van der Waals surface area (Å²) < 4.78 is 7.01. The normalized spacial score (nSPS) is 14.2. The molecule has 6 nitrogen and oxygen atoms in total. The first-order chi connectivity index (χ1) is 15.4. The first-order valence-corrected chi connectivity index (χ1v) is 11.6. The van der Waals surface area contributed by atoms with Crippen LogP contribution in [-0.2, 0) is 10.3 Å². The minimum atomic E-state index is -1.43. The summed E-state index contributed by atoms with van der Waals surface area (Å²) in [6, 6.07) is 7.76. The molecule has 0 amide bonds. The number of esters is 1. The van der Waals surface area contributed by atoms with Crippen molar-refractivity contribution in [2.45, 2.75) is 33.3 Å². The molecule has 8 heteroatoms. The monoisotopic (exact) mass is 574 g/mol. The second kappa shape index (κ2) is 7.88. The Bertz CT molecular complexity index is 1310. The van der Waals surface area contributed by atoms with Gasteiger partial charge in [0.15, 0.2) is 5.60 Å². The molecule has 3 aromatic carbocycles. The molecule has 3 aromatic rings. The van der Waals surface area contributed by atoms with E-state index in [0.717, 1.165) is 0 Å². The predicted octanol–water partition coefficient (Wildman–Crippen LogP) is 6.02. The van der Waals surface area contributed by atoms with Gasteiger partial charge in [-0.15, -0.1) is 0 Å². The van der Waals surface area contributed by atoms with Gasteiger partial charge in [-0.2, -0.15) is 0 Å². The summed E-state index contributed by atoms with van der Waals surface area (Å²) in [7, 11) is 0. The SMILES string of the molecule is Cc1c(C2(c3cc(Br)c(O)c(C)c3C)OC(=O)c3cc(C(=O)O)ccc32)cc(Br)c(O)c1C. The highest BCUT2D eigenvalue weighted by Gasteiger charge is 2.51. The van der Waals surface area contributed by atoms with E-state index in [-0.39, 0.29) is 22.6 Å². The molecular formula is C25H20Br2O6. The number of ether oxygens (including phenoxy) is 1. The van der Waals surface area contributed by atoms with E-state index >= 15 is 0 Å². The molecule has 170 valence electrons. The van der Waals surface area contributed by atoms with Crippen molar-refractivity contribution in [2.75, 3.05) is 0 Å². The molecule has 0 fully saturated rings. The maximum Gasteiger partial charge on any atom is 0.340 e. The van der Waals surface area contributed by atoms with Gasteiger partial charge in [-0.1, -0.05) is 6.07 Å². The average molecular weight is 576 g/mol. The lowest BCUT2D eigenvalue weighted by atomic mass is 9.75. The number of carbonyl (C=O) groups is 2. The summed E-state index contributed by atoms with van der Waals surface area (Å²) in [6.07, 6.45) is 0. The predicted molar refractivity (Wildman–Crippen MR) is 129 cm³/mol. The van der Waals surface area contributed by atoms with Gasteiger partial charge in [0, 0.05) is 16.7 Å². The van der Waals surface area contributed by atoms with Crippen molar-refractivity contribution in [3.8, 4) is 11.5 Å². The van der Waals surface area contributed by atoms with Crippen LogP contribution in [0.1, 0.15) is 59.7 Å². The minimum absolute atomic E-state index is 0.0268. The molecule has 0 bridgehead atoms. The van der Waals surface area contributed by atoms with E-state index in [4.69, 9.17) is 4.74 Å². The summed E-state index contributed by atoms with van der Waals surface area (Å²) in [5.74, 6) is -1.65. The van der Waals surface area contributed by atoms with Gasteiger partial charge in [-0.3, -0.25) is 0 Å². The van der Waals surface area contributed by atoms with Crippen molar-refractivity contribution in [1.82, 2.24) is 0 Å². The number of carboxylic acids is 1. The van der Waals surface area contributed by atoms with Crippen LogP contribution in [0.4, 0.5) is 0 Å². The lowest BCUT2D eigenvalue weighted by molar-refractivity contribution is 0.0247. The Balaban J connectivity index is 2.20. The van der Waals surface area contributed by atoms with Gasteiger partial charge in [-0.25, -0.2) is 9.59 Å². The molecule has 0 aliphatic carbocycles. The second-order valence-corrected chi connectivity index (χ2v) is 9.85. The largest absolute Gasteiger partial charge is 0.506 e. The molecule has 3 N–H and O–H groups in total. The Kier molecular flexibility index (Phi) is 5.57. The lowest BCUT2D eigenvalue weighted by Crippen LogP contribution is -2.32. The number of aromatic carboxylic acids is 1. The first-order valence-electron chi connectivity index (χ1n) is 10.0. The zero-order valence-corrected chi connectivity index (χ0v) is 21.4. The van der Waals surface area contributed by atoms with Crippen LogP contribution in [0.5, 0.6) is 11.5 Å². The average Bonchev–Trinajstić information content (AvgIpc) is 3.08. The highest BCUT2D eigenvalue weighted by Crippen LogP contribution is 2.52. The number of cyclic esters (lactones) is 1. The summed E-state index contributed by atoms with van der Waals surface area (Å²) in [4.78, 5) is 24.7. The van der Waals surface area contributed by atoms with E-state index < -0.39 is 17.5 Å². The number of fused-ring (bicyclic) bond motifs is 1. The topological polar surface area (TPSA) is 104 Å². The molecular weight excluding hydrogens is 556 g/mol. The van der Waals surface area contributed by atoms with Crippen molar-refractivity contribution in [1.29, 1.82) is 0 Å². The molecule has 0 saturated heterocycles. The molecule has 0 radical (unpaired) electrons. The van der Waals surface area contributed by atoms with E-state index in [2.05, 4.69) is 31.9 Å². The number of phenols is 2. The fourth-order valence-corrected chi connectivity index (χ4v) is 5.46. The zero-order chi connectivity index (χ0) is 24.4. The Morgan fingerprint density at radius 3 is 1.76 bits per heavy atom. The molecule has 0 aromatic heterocycles. The number of phenolic OH excluding ortho intramolecular Hbond substituents is 2. The van der Waals surface area contributed by atoms with Crippen molar-refractivity contribution in [2.24, 2.45) is 0 Å². The van der Waals surface area contributed by atoms with Crippen molar-refractivity contribution in [3.63, 3.8) is 0 Å². The Morgan fingerprint density at radius 2 is 1.30 bits per heavy atom. The fourth-order valence-electron chi connectivity index (χ4n) is 4.40. The number of benzene rings is 3. The van der Waals surface area contributed by atoms with Gasteiger partial charge in [0.1, 0.15) is 11.5 Å². The third-order valence-corrected chi connectivity index (χ3v) is 7.72. The Morgan fingerprint density at radius 1 is 0.818 bits per heavy atom. The molecule has 0 unspecified atom stereocenters. The summed E-state index contributed by atoms with van der Waals surface area (Å²) in [5.41, 5.74) is 3.03. The third-order valence-electron chi connectivity index (χ3n) is 6.51. The molecule has 33 heavy (non-hydrogen) atoms. The Hall–Kier alpha value is -2.84. The van der Waals surface area contributed by atoms with Crippen LogP contribution < -0.4 is 0 Å². The Labute approximate surface area is 207 Å². The zero-order valence-electron chi connectivity index (χ0n) is 18.2. The molecule has 1 heterocycles. The highest BCUT2D eigenvalue weighted by atomic mass is 79.9. The van der Waals surface area contributed by atoms with Crippen LogP contribution in [0.2, 0.25) is 0 Å². The van der Waals surface area contributed by atoms with E-state index in [0.29, 0.717) is 47.9 Å². The lowest BCUT2D eigenvalue weighted by Gasteiger charge is -2.34. The van der Waals surface area contributed by atoms with Crippen LogP contribution in [-0.4, -0.2) is 27.3 Å². The number of hydrogen-bond acceptors (Lipinski definition) is 5. The summed E-state index contributed by atoms with van der Waals surface area (Å²) in [5, 5.41) is 30.4. The van der Waals surface area contributed by atoms with E-state index in [1.54, 1.807) is 32.0 Å². The maximum atomic E-state index is 13.2. The van der Waals surface area contributed by atoms with Gasteiger partial charge in [-0.05, 0) is 106 Å². The maximum absolute atomic E-state index is 13.2. The van der Waals surface area contributed by atoms with Gasteiger partial charge in [0.2, 0.25) is 0 Å². The van der Waals surface area contributed by atoms with Crippen LogP contribution in [0, 0.1) is 27.7 Å². The molecule has 0 saturated carbocycles. The van der Waals surface area contributed by atoms with Gasteiger partial charge in [0.05, 0.1) is 20.1 Å². The van der Waals surface area contributed by atoms with Crippen LogP contribution >= 0.6 is 31.9 Å². The molecule has 1 aliphatic rings. The standard InChI is InChI=1S/C25H20Br2O6/c1-10-12(3)21(28)19(26)8-17(10)25(18-9-20(27)22(29)13(4)11(18)2)16-6-5-14(23(30)31)7-15(16)24(32)33-25/h5-9,28-29H,1-4H3,(H,30,31). The van der Waals surface area contributed by atoms with Gasteiger partial charge >= 0.3 is 11.9 Å². The third kappa shape index (κ3) is 3.27. The van der Waals surface area contributed by atoms with Gasteiger partial charge in [0.25, 0.3) is 0 Å². The quantitative estimate of drug-likeness (QED) is 0.330. The van der Waals surface area contributed by atoms with Crippen molar-refractivity contribution < 1.29 is 29.6 Å². The molecule has 1 aliphatic heterocycles. The second-order valence-electron chi connectivity index (χ2n) is 8.15. The van der Waals surface area contributed by atoms with Crippen molar-refractivity contribution in [3.05, 3.63) is 89.3 Å². The molecule has 0 atom stereocenters. The van der Waals surface area contributed by atoms with E-state index in [1.165, 1.54) is 12.1 Å². The highest BCUT2D eigenvalue weighted by molar-refractivity contribution is 9.10. The minimum Gasteiger partial charge on any atom is -0.506 e. The number of halogens is 2. The van der Waals surface area contributed by atoms with Gasteiger partial charge < -0.3 is 20.1 Å². The van der Waals surface area contributed by atoms with Crippen LogP contribution in [0.15, 0.2) is 39.3 Å². The number of hydrogen-bond donors (Lipinski definition) is 3.